The van der Waals surface area contributed by atoms with Gasteiger partial charge < -0.3 is 9.64 Å². The molecule has 1 radical (unpaired) electrons. The van der Waals surface area contributed by atoms with Gasteiger partial charge in [-0.2, -0.15) is 0 Å². The van der Waals surface area contributed by atoms with Gasteiger partial charge in [0.15, 0.2) is 0 Å². The summed E-state index contributed by atoms with van der Waals surface area (Å²) >= 11 is 0. The summed E-state index contributed by atoms with van der Waals surface area (Å²) in [6.07, 6.45) is 0.0821. The minimum absolute atomic E-state index is 0.0821. The van der Waals surface area contributed by atoms with Crippen LogP contribution in [0.5, 0.6) is 0 Å². The van der Waals surface area contributed by atoms with Crippen molar-refractivity contribution in [3.63, 3.8) is 0 Å². The van der Waals surface area contributed by atoms with Crippen molar-refractivity contribution in [2.45, 2.75) is 13.2 Å². The summed E-state index contributed by atoms with van der Waals surface area (Å²) in [6, 6.07) is 9.82. The number of ether oxygens (including phenoxy) is 1. The van der Waals surface area contributed by atoms with E-state index in [1.165, 1.54) is 17.3 Å². The normalized spacial score (nSPS) is 24.3. The Morgan fingerprint density at radius 3 is 3.20 bits per heavy atom. The lowest BCUT2D eigenvalue weighted by atomic mass is 9.90. The smallest absolute Gasteiger partial charge is 0.139 e. The van der Waals surface area contributed by atoms with Gasteiger partial charge in [0.05, 0.1) is 0 Å². The molecule has 3 rings (SSSR count). The molecule has 1 fully saturated rings. The maximum absolute atomic E-state index is 5.68. The fourth-order valence-corrected chi connectivity index (χ4v) is 2.38. The highest BCUT2D eigenvalue weighted by Gasteiger charge is 2.43. The highest BCUT2D eigenvalue weighted by molar-refractivity contribution is 5.75. The van der Waals surface area contributed by atoms with E-state index in [0.717, 1.165) is 19.7 Å². The molecule has 0 amide bonds. The fourth-order valence-electron chi connectivity index (χ4n) is 2.38. The van der Waals surface area contributed by atoms with E-state index in [0.29, 0.717) is 0 Å². The van der Waals surface area contributed by atoms with Gasteiger partial charge in [-0.15, -0.1) is 0 Å². The average molecular weight is 203 g/mol. The van der Waals surface area contributed by atoms with Gasteiger partial charge in [-0.25, -0.2) is 0 Å². The van der Waals surface area contributed by atoms with Crippen molar-refractivity contribution < 1.29 is 4.74 Å². The molecule has 1 aromatic carbocycles. The van der Waals surface area contributed by atoms with Crippen LogP contribution in [0.1, 0.15) is 12.5 Å². The summed E-state index contributed by atoms with van der Waals surface area (Å²) in [7, 11) is 0. The van der Waals surface area contributed by atoms with Crippen molar-refractivity contribution in [1.82, 2.24) is 5.32 Å². The first kappa shape index (κ1) is 9.19. The van der Waals surface area contributed by atoms with Crippen LogP contribution >= 0.6 is 0 Å². The van der Waals surface area contributed by atoms with Crippen LogP contribution in [0, 0.1) is 6.04 Å². The molecule has 1 aromatic rings. The van der Waals surface area contributed by atoms with Crippen molar-refractivity contribution in [3.8, 4) is 0 Å². The SMILES string of the molecule is CCOC1NCCN2[C]1c1ccccc12. The van der Waals surface area contributed by atoms with E-state index in [2.05, 4.69) is 34.5 Å². The molecule has 0 aliphatic carbocycles. The Morgan fingerprint density at radius 1 is 1.47 bits per heavy atom. The number of hydrogen-bond acceptors (Lipinski definition) is 3. The van der Waals surface area contributed by atoms with Crippen molar-refractivity contribution in [3.05, 3.63) is 35.9 Å². The zero-order valence-corrected chi connectivity index (χ0v) is 8.86. The number of nitrogens with zero attached hydrogens (tertiary/aromatic N) is 1. The molecule has 2 heterocycles. The number of fused-ring (bicyclic) bond motifs is 4. The lowest BCUT2D eigenvalue weighted by Gasteiger charge is -2.50. The van der Waals surface area contributed by atoms with E-state index in [4.69, 9.17) is 4.74 Å². The van der Waals surface area contributed by atoms with E-state index >= 15 is 0 Å². The lowest BCUT2D eigenvalue weighted by molar-refractivity contribution is 0.0396. The monoisotopic (exact) mass is 203 g/mol. The molecule has 15 heavy (non-hydrogen) atoms. The Kier molecular flexibility index (Phi) is 2.15. The van der Waals surface area contributed by atoms with Crippen molar-refractivity contribution in [1.29, 1.82) is 0 Å². The second kappa shape index (κ2) is 3.51. The van der Waals surface area contributed by atoms with Gasteiger partial charge in [0.1, 0.15) is 12.3 Å². The first-order chi connectivity index (χ1) is 7.42. The predicted molar refractivity (Wildman–Crippen MR) is 59.5 cm³/mol. The minimum atomic E-state index is 0.0821. The molecule has 1 atom stereocenters. The van der Waals surface area contributed by atoms with Crippen LogP contribution in [0.15, 0.2) is 24.3 Å². The van der Waals surface area contributed by atoms with Crippen LogP contribution in [-0.4, -0.2) is 25.9 Å². The number of benzene rings is 1. The topological polar surface area (TPSA) is 24.5 Å². The second-order valence-electron chi connectivity index (χ2n) is 3.84. The third-order valence-corrected chi connectivity index (χ3v) is 3.01. The van der Waals surface area contributed by atoms with Gasteiger partial charge in [0.25, 0.3) is 0 Å². The van der Waals surface area contributed by atoms with E-state index in [1.54, 1.807) is 0 Å². The Morgan fingerprint density at radius 2 is 2.33 bits per heavy atom. The molecule has 0 saturated carbocycles. The molecule has 3 heteroatoms. The van der Waals surface area contributed by atoms with Crippen molar-refractivity contribution in [2.75, 3.05) is 24.6 Å². The van der Waals surface area contributed by atoms with Crippen LogP contribution in [-0.2, 0) is 4.74 Å². The summed E-state index contributed by atoms with van der Waals surface area (Å²) in [4.78, 5) is 2.35. The van der Waals surface area contributed by atoms with Gasteiger partial charge in [0, 0.05) is 30.9 Å². The molecule has 0 spiro atoms. The highest BCUT2D eigenvalue weighted by atomic mass is 16.5. The molecule has 0 bridgehead atoms. The van der Waals surface area contributed by atoms with Gasteiger partial charge in [0.2, 0.25) is 0 Å². The molecule has 1 N–H and O–H groups in total. The van der Waals surface area contributed by atoms with Crippen LogP contribution in [0.4, 0.5) is 5.69 Å². The van der Waals surface area contributed by atoms with Crippen molar-refractivity contribution in [2.24, 2.45) is 0 Å². The summed E-state index contributed by atoms with van der Waals surface area (Å²) < 4.78 is 5.68. The Balaban J connectivity index is 1.90. The summed E-state index contributed by atoms with van der Waals surface area (Å²) in [5, 5.41) is 3.39. The van der Waals surface area contributed by atoms with Crippen LogP contribution < -0.4 is 10.2 Å². The number of rotatable bonds is 2. The lowest BCUT2D eigenvalue weighted by Crippen LogP contribution is -2.59. The van der Waals surface area contributed by atoms with E-state index in [-0.39, 0.29) is 6.23 Å². The second-order valence-corrected chi connectivity index (χ2v) is 3.84. The Bertz CT molecular complexity index is 364. The molecule has 2 aliphatic rings. The molecule has 1 saturated heterocycles. The van der Waals surface area contributed by atoms with Gasteiger partial charge in [-0.1, -0.05) is 18.2 Å². The first-order valence-corrected chi connectivity index (χ1v) is 5.50. The summed E-state index contributed by atoms with van der Waals surface area (Å²) in [6.45, 7) is 4.82. The summed E-state index contributed by atoms with van der Waals surface area (Å²) in [5.41, 5.74) is 2.68. The van der Waals surface area contributed by atoms with Gasteiger partial charge in [-0.3, -0.25) is 5.32 Å². The van der Waals surface area contributed by atoms with Crippen molar-refractivity contribution >= 4 is 5.69 Å². The van der Waals surface area contributed by atoms with E-state index in [9.17, 15) is 0 Å². The fraction of sp³-hybridized carbons (Fsp3) is 0.417. The quantitative estimate of drug-likeness (QED) is 0.785. The molecule has 1 unspecified atom stereocenters. The van der Waals surface area contributed by atoms with E-state index in [1.807, 2.05) is 6.92 Å². The standard InChI is InChI=1S/C12H15N2O/c1-2-15-12-11-9-5-3-4-6-10(9)14(11)8-7-13-12/h3-6,12-13H,2,7-8H2,1H3. The molecule has 79 valence electrons. The first-order valence-electron chi connectivity index (χ1n) is 5.50. The molecule has 2 aliphatic heterocycles. The van der Waals surface area contributed by atoms with Crippen LogP contribution in [0.2, 0.25) is 0 Å². The Hall–Kier alpha value is -1.06. The van der Waals surface area contributed by atoms with E-state index < -0.39 is 0 Å². The predicted octanol–water partition coefficient (Wildman–Crippen LogP) is 1.35. The zero-order chi connectivity index (χ0) is 10.3. The molecule has 3 nitrogen and oxygen atoms in total. The third kappa shape index (κ3) is 1.27. The van der Waals surface area contributed by atoms with Crippen LogP contribution in [0.3, 0.4) is 0 Å². The molecular weight excluding hydrogens is 188 g/mol. The van der Waals surface area contributed by atoms with Crippen LogP contribution in [0.25, 0.3) is 0 Å². The minimum Gasteiger partial charge on any atom is -0.361 e. The number of hydrogen-bond donors (Lipinski definition) is 1. The average Bonchev–Trinajstić information content (AvgIpc) is 2.26. The maximum Gasteiger partial charge on any atom is 0.139 e. The maximum atomic E-state index is 5.68. The highest BCUT2D eigenvalue weighted by Crippen LogP contribution is 2.45. The largest absolute Gasteiger partial charge is 0.361 e. The summed E-state index contributed by atoms with van der Waals surface area (Å²) in [5.74, 6) is 0. The number of anilines is 1. The third-order valence-electron chi connectivity index (χ3n) is 3.01. The molecular formula is C12H15N2O. The molecule has 0 aromatic heterocycles. The van der Waals surface area contributed by atoms with Gasteiger partial charge in [-0.05, 0) is 13.0 Å². The number of nitrogens with one attached hydrogen (secondary N) is 1. The van der Waals surface area contributed by atoms with Gasteiger partial charge >= 0.3 is 0 Å². The Labute approximate surface area is 90.0 Å². The number of piperazine rings is 1. The number of para-hydroxylation sites is 1. The zero-order valence-electron chi connectivity index (χ0n) is 8.86.